The molecule has 0 aromatic rings. The third-order valence-electron chi connectivity index (χ3n) is 1.69. The fraction of sp³-hybridized carbons (Fsp3) is 0.800. The molecule has 0 aromatic carbocycles. The molecule has 65 valence electrons. The van der Waals surface area contributed by atoms with Crippen molar-refractivity contribution < 1.29 is 4.74 Å². The van der Waals surface area contributed by atoms with Crippen LogP contribution in [0.1, 0.15) is 39.5 Å². The molecule has 1 unspecified atom stereocenters. The second-order valence-corrected chi connectivity index (χ2v) is 2.68. The molecule has 0 aliphatic carbocycles. The highest BCUT2D eigenvalue weighted by Crippen LogP contribution is 2.06. The predicted octanol–water partition coefficient (Wildman–Crippen LogP) is 2.96. The fourth-order valence-corrected chi connectivity index (χ4v) is 1.04. The number of hydrogen-bond donors (Lipinski definition) is 0. The lowest BCUT2D eigenvalue weighted by molar-refractivity contribution is 0.0884. The van der Waals surface area contributed by atoms with Crippen LogP contribution in [0.4, 0.5) is 0 Å². The van der Waals surface area contributed by atoms with Crippen LogP contribution in [0, 0.1) is 6.58 Å². The van der Waals surface area contributed by atoms with Gasteiger partial charge in [0.1, 0.15) is 0 Å². The Morgan fingerprint density at radius 2 is 2.09 bits per heavy atom. The summed E-state index contributed by atoms with van der Waals surface area (Å²) in [4.78, 5) is 0. The second kappa shape index (κ2) is 7.80. The van der Waals surface area contributed by atoms with Crippen LogP contribution in [0.2, 0.25) is 0 Å². The minimum atomic E-state index is 0.173. The molecular weight excluding hydrogens is 136 g/mol. The summed E-state index contributed by atoms with van der Waals surface area (Å²) in [6.45, 7) is 10.3. The fourth-order valence-electron chi connectivity index (χ4n) is 1.04. The third kappa shape index (κ3) is 6.11. The van der Waals surface area contributed by atoms with Crippen LogP contribution in [0.5, 0.6) is 0 Å². The molecule has 1 nitrogen and oxygen atoms in total. The first-order valence-corrected chi connectivity index (χ1v) is 4.51. The Hall–Kier alpha value is -0.300. The molecule has 0 aromatic heterocycles. The molecule has 1 radical (unpaired) electrons. The average Bonchev–Trinajstić information content (AvgIpc) is 2.03. The van der Waals surface area contributed by atoms with E-state index in [4.69, 9.17) is 11.3 Å². The van der Waals surface area contributed by atoms with Crippen molar-refractivity contribution in [3.63, 3.8) is 0 Å². The maximum Gasteiger partial charge on any atom is 0.0758 e. The summed E-state index contributed by atoms with van der Waals surface area (Å²) in [5, 5.41) is 0. The van der Waals surface area contributed by atoms with Gasteiger partial charge in [0.25, 0.3) is 0 Å². The van der Waals surface area contributed by atoms with Crippen molar-refractivity contribution in [3.8, 4) is 0 Å². The van der Waals surface area contributed by atoms with Gasteiger partial charge in [-0.15, -0.1) is 0 Å². The Balaban J connectivity index is 3.28. The highest BCUT2D eigenvalue weighted by molar-refractivity contribution is 4.76. The molecule has 0 bridgehead atoms. The quantitative estimate of drug-likeness (QED) is 0.514. The Kier molecular flexibility index (Phi) is 7.59. The SMILES string of the molecule is [CH]=CC(CCCCC)OCC. The van der Waals surface area contributed by atoms with Crippen molar-refractivity contribution in [1.82, 2.24) is 0 Å². The standard InChI is InChI=1S/C10H19O/c1-4-7-8-9-10(5-2)11-6-3/h2,5,10H,4,6-9H2,1,3H3. The molecule has 0 heterocycles. The molecular formula is C10H19O. The Labute approximate surface area is 70.4 Å². The molecule has 0 aliphatic rings. The maximum atomic E-state index is 5.39. The van der Waals surface area contributed by atoms with Crippen LogP contribution in [0.25, 0.3) is 0 Å². The normalized spacial score (nSPS) is 12.9. The van der Waals surface area contributed by atoms with E-state index >= 15 is 0 Å². The molecule has 1 atom stereocenters. The van der Waals surface area contributed by atoms with Crippen molar-refractivity contribution in [3.05, 3.63) is 12.7 Å². The van der Waals surface area contributed by atoms with Crippen molar-refractivity contribution in [2.75, 3.05) is 6.61 Å². The summed E-state index contributed by atoms with van der Waals surface area (Å²) < 4.78 is 5.36. The van der Waals surface area contributed by atoms with Crippen molar-refractivity contribution in [2.24, 2.45) is 0 Å². The molecule has 0 rings (SSSR count). The summed E-state index contributed by atoms with van der Waals surface area (Å²) in [6.07, 6.45) is 6.64. The van der Waals surface area contributed by atoms with Gasteiger partial charge < -0.3 is 4.74 Å². The molecule has 11 heavy (non-hydrogen) atoms. The number of ether oxygens (including phenoxy) is 1. The van der Waals surface area contributed by atoms with E-state index in [1.165, 1.54) is 19.3 Å². The first-order chi connectivity index (χ1) is 5.35. The highest BCUT2D eigenvalue weighted by Gasteiger charge is 2.01. The van der Waals surface area contributed by atoms with E-state index in [2.05, 4.69) is 6.92 Å². The van der Waals surface area contributed by atoms with Crippen LogP contribution in [-0.2, 0) is 4.74 Å². The van der Waals surface area contributed by atoms with Crippen molar-refractivity contribution >= 4 is 0 Å². The number of hydrogen-bond acceptors (Lipinski definition) is 1. The minimum absolute atomic E-state index is 0.173. The van der Waals surface area contributed by atoms with Gasteiger partial charge in [0, 0.05) is 6.61 Å². The van der Waals surface area contributed by atoms with Gasteiger partial charge >= 0.3 is 0 Å². The topological polar surface area (TPSA) is 9.23 Å². The summed E-state index contributed by atoms with van der Waals surface area (Å²) in [5.74, 6) is 0. The smallest absolute Gasteiger partial charge is 0.0758 e. The number of unbranched alkanes of at least 4 members (excludes halogenated alkanes) is 2. The van der Waals surface area contributed by atoms with E-state index in [-0.39, 0.29) is 6.10 Å². The zero-order valence-electron chi connectivity index (χ0n) is 7.68. The first kappa shape index (κ1) is 10.7. The van der Waals surface area contributed by atoms with Gasteiger partial charge in [-0.05, 0) is 13.3 Å². The molecule has 1 heteroatoms. The van der Waals surface area contributed by atoms with Crippen LogP contribution in [0.3, 0.4) is 0 Å². The van der Waals surface area contributed by atoms with Gasteiger partial charge in [-0.25, -0.2) is 0 Å². The van der Waals surface area contributed by atoms with E-state index in [0.29, 0.717) is 0 Å². The van der Waals surface area contributed by atoms with Crippen molar-refractivity contribution in [1.29, 1.82) is 0 Å². The van der Waals surface area contributed by atoms with E-state index in [0.717, 1.165) is 13.0 Å². The lowest BCUT2D eigenvalue weighted by Gasteiger charge is -2.11. The zero-order valence-corrected chi connectivity index (χ0v) is 7.68. The molecule has 0 saturated carbocycles. The van der Waals surface area contributed by atoms with Gasteiger partial charge in [-0.2, -0.15) is 0 Å². The summed E-state index contributed by atoms with van der Waals surface area (Å²) in [6, 6.07) is 0. The van der Waals surface area contributed by atoms with Gasteiger partial charge in [0.05, 0.1) is 6.10 Å². The van der Waals surface area contributed by atoms with Crippen LogP contribution >= 0.6 is 0 Å². The van der Waals surface area contributed by atoms with Gasteiger partial charge in [-0.1, -0.05) is 38.8 Å². The number of rotatable bonds is 7. The zero-order chi connectivity index (χ0) is 8.53. The summed E-state index contributed by atoms with van der Waals surface area (Å²) in [5.41, 5.74) is 0. The van der Waals surface area contributed by atoms with Gasteiger partial charge in [-0.3, -0.25) is 0 Å². The first-order valence-electron chi connectivity index (χ1n) is 4.51. The summed E-state index contributed by atoms with van der Waals surface area (Å²) >= 11 is 0. The van der Waals surface area contributed by atoms with Gasteiger partial charge in [0.2, 0.25) is 0 Å². The molecule has 0 N–H and O–H groups in total. The second-order valence-electron chi connectivity index (χ2n) is 2.68. The lowest BCUT2D eigenvalue weighted by atomic mass is 10.1. The third-order valence-corrected chi connectivity index (χ3v) is 1.69. The van der Waals surface area contributed by atoms with Gasteiger partial charge in [0.15, 0.2) is 0 Å². The molecule has 0 aliphatic heterocycles. The largest absolute Gasteiger partial charge is 0.374 e. The highest BCUT2D eigenvalue weighted by atomic mass is 16.5. The lowest BCUT2D eigenvalue weighted by Crippen LogP contribution is -2.08. The Bertz CT molecular complexity index is 88.9. The summed E-state index contributed by atoms with van der Waals surface area (Å²) in [7, 11) is 0. The van der Waals surface area contributed by atoms with E-state index in [1.807, 2.05) is 6.92 Å². The monoisotopic (exact) mass is 155 g/mol. The molecule has 0 spiro atoms. The van der Waals surface area contributed by atoms with Crippen LogP contribution in [0.15, 0.2) is 6.08 Å². The van der Waals surface area contributed by atoms with E-state index < -0.39 is 0 Å². The van der Waals surface area contributed by atoms with Crippen LogP contribution in [-0.4, -0.2) is 12.7 Å². The minimum Gasteiger partial charge on any atom is -0.374 e. The maximum absolute atomic E-state index is 5.39. The molecule has 0 fully saturated rings. The Morgan fingerprint density at radius 1 is 1.36 bits per heavy atom. The molecule has 0 amide bonds. The van der Waals surface area contributed by atoms with E-state index in [9.17, 15) is 0 Å². The molecule has 0 saturated heterocycles. The predicted molar refractivity (Wildman–Crippen MR) is 48.4 cm³/mol. The average molecular weight is 155 g/mol. The van der Waals surface area contributed by atoms with E-state index in [1.54, 1.807) is 6.08 Å². The Morgan fingerprint density at radius 3 is 2.55 bits per heavy atom. The van der Waals surface area contributed by atoms with Crippen molar-refractivity contribution in [2.45, 2.75) is 45.6 Å². The van der Waals surface area contributed by atoms with Crippen LogP contribution < -0.4 is 0 Å².